The van der Waals surface area contributed by atoms with Crippen LogP contribution in [0.2, 0.25) is 0 Å². The van der Waals surface area contributed by atoms with Crippen LogP contribution < -0.4 is 5.73 Å². The zero-order valence-electron chi connectivity index (χ0n) is 12.6. The van der Waals surface area contributed by atoms with Crippen LogP contribution in [0, 0.1) is 11.3 Å². The van der Waals surface area contributed by atoms with E-state index in [-0.39, 0.29) is 0 Å². The predicted molar refractivity (Wildman–Crippen MR) is 83.7 cm³/mol. The largest absolute Gasteiger partial charge is 0.372 e. The van der Waals surface area contributed by atoms with Crippen LogP contribution in [-0.2, 0) is 15.8 Å². The maximum absolute atomic E-state index is 11.9. The van der Waals surface area contributed by atoms with Crippen LogP contribution >= 0.6 is 0 Å². The summed E-state index contributed by atoms with van der Waals surface area (Å²) in [4.78, 5) is 11.9. The van der Waals surface area contributed by atoms with E-state index < -0.39 is 16.9 Å². The van der Waals surface area contributed by atoms with Crippen molar-refractivity contribution in [3.05, 3.63) is 71.3 Å². The average Bonchev–Trinajstić information content (AvgIpc) is 2.54. The molecular formula is C18H18N2O2. The SMILES string of the molecule is CC(C)(C#N)c1ccc(C(O)(C(N)=O)c2ccccc2)cc1. The maximum Gasteiger partial charge on any atom is 0.258 e. The van der Waals surface area contributed by atoms with Gasteiger partial charge in [0, 0.05) is 0 Å². The predicted octanol–water partition coefficient (Wildman–Crippen LogP) is 2.21. The first-order valence-corrected chi connectivity index (χ1v) is 6.92. The number of amides is 1. The minimum absolute atomic E-state index is 0.378. The summed E-state index contributed by atoms with van der Waals surface area (Å²) < 4.78 is 0. The standard InChI is InChI=1S/C18H18N2O2/c1-17(2,12-19)13-8-10-15(11-9-13)18(22,16(20)21)14-6-4-3-5-7-14/h3-11,22H,1-2H3,(H2,20,21). The number of carbonyl (C=O) groups excluding carboxylic acids is 1. The van der Waals surface area contributed by atoms with E-state index in [1.807, 2.05) is 0 Å². The Labute approximate surface area is 129 Å². The molecule has 3 N–H and O–H groups in total. The van der Waals surface area contributed by atoms with Gasteiger partial charge in [0.05, 0.1) is 11.5 Å². The Hall–Kier alpha value is -2.64. The second-order valence-electron chi connectivity index (χ2n) is 5.75. The minimum atomic E-state index is -1.89. The third-order valence-corrected chi connectivity index (χ3v) is 3.85. The molecule has 2 aromatic carbocycles. The van der Waals surface area contributed by atoms with Gasteiger partial charge in [-0.15, -0.1) is 0 Å². The summed E-state index contributed by atoms with van der Waals surface area (Å²) in [6, 6.07) is 17.5. The molecule has 0 saturated carbocycles. The molecule has 0 heterocycles. The van der Waals surface area contributed by atoms with Gasteiger partial charge in [-0.1, -0.05) is 54.6 Å². The van der Waals surface area contributed by atoms with Crippen molar-refractivity contribution < 1.29 is 9.90 Å². The lowest BCUT2D eigenvalue weighted by molar-refractivity contribution is -0.133. The van der Waals surface area contributed by atoms with Crippen molar-refractivity contribution in [1.29, 1.82) is 5.26 Å². The van der Waals surface area contributed by atoms with Crippen LogP contribution in [0.5, 0.6) is 0 Å². The second kappa shape index (κ2) is 5.63. The molecule has 0 bridgehead atoms. The van der Waals surface area contributed by atoms with Crippen LogP contribution in [0.1, 0.15) is 30.5 Å². The number of nitriles is 1. The Bertz CT molecular complexity index is 715. The molecule has 0 spiro atoms. The number of hydrogen-bond acceptors (Lipinski definition) is 3. The Morgan fingerprint density at radius 2 is 1.45 bits per heavy atom. The maximum atomic E-state index is 11.9. The number of carbonyl (C=O) groups is 1. The number of primary amides is 1. The van der Waals surface area contributed by atoms with E-state index >= 15 is 0 Å². The van der Waals surface area contributed by atoms with E-state index in [0.717, 1.165) is 5.56 Å². The van der Waals surface area contributed by atoms with E-state index in [9.17, 15) is 9.90 Å². The van der Waals surface area contributed by atoms with Gasteiger partial charge >= 0.3 is 0 Å². The molecule has 0 aliphatic rings. The monoisotopic (exact) mass is 294 g/mol. The number of benzene rings is 2. The van der Waals surface area contributed by atoms with Crippen LogP contribution in [0.4, 0.5) is 0 Å². The number of rotatable bonds is 4. The van der Waals surface area contributed by atoms with Gasteiger partial charge in [-0.05, 0) is 30.5 Å². The zero-order chi connectivity index (χ0) is 16.4. The summed E-state index contributed by atoms with van der Waals surface area (Å²) >= 11 is 0. The van der Waals surface area contributed by atoms with Crippen molar-refractivity contribution in [2.75, 3.05) is 0 Å². The Morgan fingerprint density at radius 3 is 1.91 bits per heavy atom. The summed E-state index contributed by atoms with van der Waals surface area (Å²) in [5.41, 5.74) is 4.50. The smallest absolute Gasteiger partial charge is 0.258 e. The van der Waals surface area contributed by atoms with Gasteiger partial charge < -0.3 is 10.8 Å². The van der Waals surface area contributed by atoms with Crippen molar-refractivity contribution in [3.8, 4) is 6.07 Å². The number of hydrogen-bond donors (Lipinski definition) is 2. The molecule has 0 radical (unpaired) electrons. The Kier molecular flexibility index (Phi) is 4.03. The molecular weight excluding hydrogens is 276 g/mol. The summed E-state index contributed by atoms with van der Waals surface area (Å²) in [5, 5.41) is 20.0. The fourth-order valence-corrected chi connectivity index (χ4v) is 2.32. The first-order chi connectivity index (χ1) is 10.3. The van der Waals surface area contributed by atoms with Crippen molar-refractivity contribution in [3.63, 3.8) is 0 Å². The highest BCUT2D eigenvalue weighted by Gasteiger charge is 2.38. The first-order valence-electron chi connectivity index (χ1n) is 6.92. The highest BCUT2D eigenvalue weighted by molar-refractivity contribution is 5.88. The van der Waals surface area contributed by atoms with E-state index in [1.165, 1.54) is 0 Å². The van der Waals surface area contributed by atoms with Gasteiger partial charge in [-0.3, -0.25) is 4.79 Å². The van der Waals surface area contributed by atoms with E-state index in [4.69, 9.17) is 11.0 Å². The average molecular weight is 294 g/mol. The van der Waals surface area contributed by atoms with Crippen LogP contribution in [-0.4, -0.2) is 11.0 Å². The van der Waals surface area contributed by atoms with Gasteiger partial charge in [-0.25, -0.2) is 0 Å². The van der Waals surface area contributed by atoms with Crippen LogP contribution in [0.3, 0.4) is 0 Å². The molecule has 112 valence electrons. The highest BCUT2D eigenvalue weighted by atomic mass is 16.3. The molecule has 1 amide bonds. The van der Waals surface area contributed by atoms with Crippen molar-refractivity contribution in [1.82, 2.24) is 0 Å². The van der Waals surface area contributed by atoms with Gasteiger partial charge in [-0.2, -0.15) is 5.26 Å². The lowest BCUT2D eigenvalue weighted by Gasteiger charge is -2.26. The van der Waals surface area contributed by atoms with Crippen LogP contribution in [0.15, 0.2) is 54.6 Å². The number of nitrogens with two attached hydrogens (primary N) is 1. The van der Waals surface area contributed by atoms with Crippen LogP contribution in [0.25, 0.3) is 0 Å². The number of aliphatic hydroxyl groups is 1. The summed E-state index contributed by atoms with van der Waals surface area (Å²) in [6.07, 6.45) is 0. The lowest BCUT2D eigenvalue weighted by atomic mass is 9.82. The zero-order valence-corrected chi connectivity index (χ0v) is 12.6. The topological polar surface area (TPSA) is 87.1 Å². The lowest BCUT2D eigenvalue weighted by Crippen LogP contribution is -2.42. The fourth-order valence-electron chi connectivity index (χ4n) is 2.32. The molecule has 1 atom stereocenters. The molecule has 2 rings (SSSR count). The van der Waals surface area contributed by atoms with Gasteiger partial charge in [0.15, 0.2) is 5.60 Å². The molecule has 0 aliphatic heterocycles. The molecule has 22 heavy (non-hydrogen) atoms. The second-order valence-corrected chi connectivity index (χ2v) is 5.75. The van der Waals surface area contributed by atoms with E-state index in [2.05, 4.69) is 6.07 Å². The third-order valence-electron chi connectivity index (χ3n) is 3.85. The molecule has 0 aliphatic carbocycles. The molecule has 1 unspecified atom stereocenters. The van der Waals surface area contributed by atoms with Gasteiger partial charge in [0.1, 0.15) is 0 Å². The molecule has 0 saturated heterocycles. The molecule has 0 fully saturated rings. The first kappa shape index (κ1) is 15.7. The van der Waals surface area contributed by atoms with Crippen molar-refractivity contribution in [2.45, 2.75) is 24.9 Å². The number of nitrogens with zero attached hydrogens (tertiary/aromatic N) is 1. The third kappa shape index (κ3) is 2.59. The summed E-state index contributed by atoms with van der Waals surface area (Å²) in [7, 11) is 0. The Balaban J connectivity index is 2.52. The van der Waals surface area contributed by atoms with E-state index in [1.54, 1.807) is 68.4 Å². The van der Waals surface area contributed by atoms with E-state index in [0.29, 0.717) is 11.1 Å². The van der Waals surface area contributed by atoms with Gasteiger partial charge in [0.2, 0.25) is 0 Å². The van der Waals surface area contributed by atoms with Crippen molar-refractivity contribution >= 4 is 5.91 Å². The molecule has 4 heteroatoms. The van der Waals surface area contributed by atoms with Gasteiger partial charge in [0.25, 0.3) is 5.91 Å². The summed E-state index contributed by atoms with van der Waals surface area (Å²) in [6.45, 7) is 3.61. The minimum Gasteiger partial charge on any atom is -0.372 e. The molecule has 2 aromatic rings. The fraction of sp³-hybridized carbons (Fsp3) is 0.222. The molecule has 4 nitrogen and oxygen atoms in total. The highest BCUT2D eigenvalue weighted by Crippen LogP contribution is 2.31. The van der Waals surface area contributed by atoms with Crippen molar-refractivity contribution in [2.24, 2.45) is 5.73 Å². The molecule has 0 aromatic heterocycles. The quantitative estimate of drug-likeness (QED) is 0.906. The normalized spacial score (nSPS) is 13.9. The Morgan fingerprint density at radius 1 is 1.00 bits per heavy atom. The summed E-state index contributed by atoms with van der Waals surface area (Å²) in [5.74, 6) is -0.842.